The van der Waals surface area contributed by atoms with E-state index in [2.05, 4.69) is 27.6 Å². The molecule has 3 aromatic carbocycles. The molecule has 0 radical (unpaired) electrons. The van der Waals surface area contributed by atoms with E-state index in [1.165, 1.54) is 6.07 Å². The minimum absolute atomic E-state index is 0.0558. The van der Waals surface area contributed by atoms with Gasteiger partial charge in [0.15, 0.2) is 5.82 Å². The molecule has 12 heteroatoms. The molecule has 1 aliphatic heterocycles. The molecule has 228 valence electrons. The van der Waals surface area contributed by atoms with E-state index >= 15 is 0 Å². The zero-order valence-corrected chi connectivity index (χ0v) is 24.7. The van der Waals surface area contributed by atoms with Crippen LogP contribution >= 0.6 is 0 Å². The van der Waals surface area contributed by atoms with Gasteiger partial charge in [-0.05, 0) is 61.5 Å². The first-order chi connectivity index (χ1) is 21.1. The van der Waals surface area contributed by atoms with Crippen LogP contribution in [0.4, 0.5) is 36.2 Å². The van der Waals surface area contributed by atoms with Crippen LogP contribution in [0.2, 0.25) is 0 Å². The number of para-hydroxylation sites is 2. The Bertz CT molecular complexity index is 1820. The van der Waals surface area contributed by atoms with Crippen molar-refractivity contribution < 1.29 is 18.0 Å². The normalized spacial score (nSPS) is 14.3. The monoisotopic (exact) mass is 602 g/mol. The lowest BCUT2D eigenvalue weighted by atomic mass is 10.1. The van der Waals surface area contributed by atoms with Gasteiger partial charge >= 0.3 is 6.18 Å². The van der Waals surface area contributed by atoms with Crippen LogP contribution in [0.15, 0.2) is 72.9 Å². The van der Waals surface area contributed by atoms with Gasteiger partial charge in [-0.1, -0.05) is 25.1 Å². The Balaban J connectivity index is 1.28. The average molecular weight is 603 g/mol. The molecule has 2 N–H and O–H groups in total. The Morgan fingerprint density at radius 2 is 1.75 bits per heavy atom. The van der Waals surface area contributed by atoms with E-state index in [9.17, 15) is 18.0 Å². The van der Waals surface area contributed by atoms with Crippen LogP contribution in [0, 0.1) is 6.92 Å². The maximum absolute atomic E-state index is 13.9. The van der Waals surface area contributed by atoms with Crippen LogP contribution < -0.4 is 15.5 Å². The summed E-state index contributed by atoms with van der Waals surface area (Å²) in [5.41, 5.74) is 3.12. The maximum Gasteiger partial charge on any atom is 0.416 e. The highest BCUT2D eigenvalue weighted by atomic mass is 19.4. The van der Waals surface area contributed by atoms with Crippen LogP contribution in [-0.4, -0.2) is 62.9 Å². The summed E-state index contributed by atoms with van der Waals surface area (Å²) in [6.07, 6.45) is -2.74. The molecule has 0 atom stereocenters. The van der Waals surface area contributed by atoms with Crippen molar-refractivity contribution in [3.05, 3.63) is 89.6 Å². The van der Waals surface area contributed by atoms with Gasteiger partial charge in [-0.3, -0.25) is 14.0 Å². The lowest BCUT2D eigenvalue weighted by molar-refractivity contribution is -0.137. The molecule has 1 aliphatic rings. The van der Waals surface area contributed by atoms with Crippen LogP contribution in [0.3, 0.4) is 0 Å². The number of rotatable bonds is 7. The van der Waals surface area contributed by atoms with Crippen molar-refractivity contribution in [1.82, 2.24) is 24.2 Å². The number of hydrogen-bond acceptors (Lipinski definition) is 6. The Labute approximate surface area is 252 Å². The standard InChI is InChI=1S/C32H33F3N8O/c1-4-41-13-15-42(16-14-41)25-18-22(17-23(19-25)32(33,34)35)30(44)36-24-10-9-21(2)27(20-24)38-31-37-26-7-5-6-8-28(26)43(31)29-11-12-40(3)39-29/h5-12,17-20H,4,13-16H2,1-3H3,(H,36,44)(H,37,38). The van der Waals surface area contributed by atoms with E-state index < -0.39 is 17.6 Å². The fourth-order valence-electron chi connectivity index (χ4n) is 5.43. The topological polar surface area (TPSA) is 83.3 Å². The molecule has 6 rings (SSSR count). The molecular formula is C32H33F3N8O. The zero-order valence-electron chi connectivity index (χ0n) is 24.7. The second-order valence-electron chi connectivity index (χ2n) is 10.9. The number of anilines is 4. The summed E-state index contributed by atoms with van der Waals surface area (Å²) in [5.74, 6) is 0.588. The Morgan fingerprint density at radius 1 is 0.977 bits per heavy atom. The third-order valence-electron chi connectivity index (χ3n) is 7.92. The molecule has 2 aromatic heterocycles. The molecule has 9 nitrogen and oxygen atoms in total. The van der Waals surface area contributed by atoms with Crippen molar-refractivity contribution in [2.24, 2.45) is 7.05 Å². The summed E-state index contributed by atoms with van der Waals surface area (Å²) in [6, 6.07) is 18.5. The second-order valence-corrected chi connectivity index (χ2v) is 10.9. The third-order valence-corrected chi connectivity index (χ3v) is 7.92. The summed E-state index contributed by atoms with van der Waals surface area (Å²) >= 11 is 0. The van der Waals surface area contributed by atoms with Gasteiger partial charge in [-0.15, -0.1) is 0 Å². The van der Waals surface area contributed by atoms with E-state index in [1.807, 2.05) is 66.0 Å². The second kappa shape index (κ2) is 11.7. The number of aryl methyl sites for hydroxylation is 2. The molecule has 0 spiro atoms. The van der Waals surface area contributed by atoms with Crippen molar-refractivity contribution in [2.75, 3.05) is 48.3 Å². The average Bonchev–Trinajstić information content (AvgIpc) is 3.60. The van der Waals surface area contributed by atoms with Crippen molar-refractivity contribution >= 4 is 40.0 Å². The zero-order chi connectivity index (χ0) is 31.0. The molecule has 1 fully saturated rings. The first-order valence-corrected chi connectivity index (χ1v) is 14.4. The van der Waals surface area contributed by atoms with Gasteiger partial charge in [-0.2, -0.15) is 18.3 Å². The van der Waals surface area contributed by atoms with Gasteiger partial charge in [0.05, 0.1) is 16.6 Å². The molecule has 5 aromatic rings. The van der Waals surface area contributed by atoms with Crippen LogP contribution in [0.1, 0.15) is 28.4 Å². The minimum Gasteiger partial charge on any atom is -0.369 e. The fourth-order valence-corrected chi connectivity index (χ4v) is 5.43. The Kier molecular flexibility index (Phi) is 7.76. The fraction of sp³-hybridized carbons (Fsp3) is 0.281. The predicted octanol–water partition coefficient (Wildman–Crippen LogP) is 6.22. The number of imidazole rings is 1. The number of nitrogens with one attached hydrogen (secondary N) is 2. The van der Waals surface area contributed by atoms with Gasteiger partial charge in [-0.25, -0.2) is 4.98 Å². The van der Waals surface area contributed by atoms with Crippen LogP contribution in [-0.2, 0) is 13.2 Å². The number of hydrogen-bond donors (Lipinski definition) is 2. The van der Waals surface area contributed by atoms with E-state index in [0.29, 0.717) is 41.9 Å². The van der Waals surface area contributed by atoms with E-state index in [-0.39, 0.29) is 5.56 Å². The lowest BCUT2D eigenvalue weighted by Gasteiger charge is -2.36. The molecular weight excluding hydrogens is 569 g/mol. The van der Waals surface area contributed by atoms with Crippen LogP contribution in [0.5, 0.6) is 0 Å². The predicted molar refractivity (Wildman–Crippen MR) is 166 cm³/mol. The number of amides is 1. The first kappa shape index (κ1) is 29.2. The molecule has 3 heterocycles. The summed E-state index contributed by atoms with van der Waals surface area (Å²) in [7, 11) is 1.84. The number of halogens is 3. The van der Waals surface area contributed by atoms with Crippen molar-refractivity contribution in [3.63, 3.8) is 0 Å². The van der Waals surface area contributed by atoms with Gasteiger partial charge < -0.3 is 20.4 Å². The molecule has 0 aliphatic carbocycles. The quantitative estimate of drug-likeness (QED) is 0.230. The summed E-state index contributed by atoms with van der Waals surface area (Å²) in [5, 5.41) is 10.7. The molecule has 1 amide bonds. The largest absolute Gasteiger partial charge is 0.416 e. The van der Waals surface area contributed by atoms with E-state index in [0.717, 1.165) is 48.4 Å². The van der Waals surface area contributed by atoms with Crippen molar-refractivity contribution in [3.8, 4) is 5.82 Å². The van der Waals surface area contributed by atoms with Gasteiger partial charge in [0, 0.05) is 68.1 Å². The van der Waals surface area contributed by atoms with Gasteiger partial charge in [0.1, 0.15) is 0 Å². The number of aromatic nitrogens is 4. The number of piperazine rings is 1. The molecule has 0 bridgehead atoms. The molecule has 1 saturated heterocycles. The highest BCUT2D eigenvalue weighted by Crippen LogP contribution is 2.34. The number of alkyl halides is 3. The minimum atomic E-state index is -4.59. The first-order valence-electron chi connectivity index (χ1n) is 14.4. The highest BCUT2D eigenvalue weighted by Gasteiger charge is 2.33. The molecule has 0 unspecified atom stereocenters. The summed E-state index contributed by atoms with van der Waals surface area (Å²) < 4.78 is 45.3. The van der Waals surface area contributed by atoms with E-state index in [4.69, 9.17) is 4.98 Å². The highest BCUT2D eigenvalue weighted by molar-refractivity contribution is 6.05. The number of benzene rings is 3. The van der Waals surface area contributed by atoms with Gasteiger partial charge in [0.2, 0.25) is 5.95 Å². The van der Waals surface area contributed by atoms with Crippen molar-refractivity contribution in [1.29, 1.82) is 0 Å². The summed E-state index contributed by atoms with van der Waals surface area (Å²) in [4.78, 5) is 22.3. The van der Waals surface area contributed by atoms with E-state index in [1.54, 1.807) is 16.8 Å². The van der Waals surface area contributed by atoms with Crippen molar-refractivity contribution in [2.45, 2.75) is 20.0 Å². The Morgan fingerprint density at radius 3 is 2.45 bits per heavy atom. The number of fused-ring (bicyclic) bond motifs is 1. The number of carbonyl (C=O) groups is 1. The maximum atomic E-state index is 13.9. The number of carbonyl (C=O) groups excluding carboxylic acids is 1. The third kappa shape index (κ3) is 5.98. The SMILES string of the molecule is CCN1CCN(c2cc(C(=O)Nc3ccc(C)c(Nc4nc5ccccc5n4-c4ccn(C)n4)c3)cc(C(F)(F)F)c2)CC1. The lowest BCUT2D eigenvalue weighted by Crippen LogP contribution is -2.46. The number of nitrogens with zero attached hydrogens (tertiary/aromatic N) is 6. The Hall–Kier alpha value is -4.84. The van der Waals surface area contributed by atoms with Crippen LogP contribution in [0.25, 0.3) is 16.9 Å². The van der Waals surface area contributed by atoms with Gasteiger partial charge in [0.25, 0.3) is 5.91 Å². The molecule has 44 heavy (non-hydrogen) atoms. The number of likely N-dealkylation sites (N-methyl/N-ethyl adjacent to an activating group) is 1. The molecule has 0 saturated carbocycles. The smallest absolute Gasteiger partial charge is 0.369 e. The summed E-state index contributed by atoms with van der Waals surface area (Å²) in [6.45, 7) is 7.55.